The van der Waals surface area contributed by atoms with Crippen LogP contribution in [-0.2, 0) is 5.41 Å². The number of benzene rings is 10. The molecule has 10 aromatic rings. The van der Waals surface area contributed by atoms with Crippen LogP contribution >= 0.6 is 0 Å². The van der Waals surface area contributed by atoms with Crippen LogP contribution in [0, 0.1) is 0 Å². The molecule has 0 saturated carbocycles. The Morgan fingerprint density at radius 2 is 0.776 bits per heavy atom. The van der Waals surface area contributed by atoms with Gasteiger partial charge in [-0.3, -0.25) is 0 Å². The molecule has 49 heavy (non-hydrogen) atoms. The molecule has 0 fully saturated rings. The molecule has 0 heterocycles. The van der Waals surface area contributed by atoms with Crippen molar-refractivity contribution in [1.82, 2.24) is 0 Å². The highest BCUT2D eigenvalue weighted by Crippen LogP contribution is 2.63. The zero-order valence-corrected chi connectivity index (χ0v) is 26.7. The van der Waals surface area contributed by atoms with Crippen LogP contribution in [0.2, 0.25) is 0 Å². The van der Waals surface area contributed by atoms with Gasteiger partial charge < -0.3 is 0 Å². The standard InChI is InChI=1S/C49H28/c1-2-9-33-27-45-41(25-32(33)8-1)42-26-34-18-19-35(37-22-20-31-17-16-29-10-7-11-30-21-23-40(37)48(31)47(29)30)24-36(34)28-46(42)49(45)43-14-5-3-12-38(43)39-13-4-6-15-44(39)49/h1-28H. The molecular formula is C49H28. The Morgan fingerprint density at radius 3 is 1.49 bits per heavy atom. The molecule has 0 saturated heterocycles. The maximum Gasteiger partial charge on any atom is 0.0725 e. The quantitative estimate of drug-likeness (QED) is 0.161. The van der Waals surface area contributed by atoms with Gasteiger partial charge in [0.05, 0.1) is 5.41 Å². The predicted octanol–water partition coefficient (Wildman–Crippen LogP) is 12.9. The molecular weight excluding hydrogens is 589 g/mol. The maximum atomic E-state index is 2.52. The highest BCUT2D eigenvalue weighted by Gasteiger charge is 2.51. The molecule has 10 aromatic carbocycles. The minimum Gasteiger partial charge on any atom is -0.0619 e. The third-order valence-electron chi connectivity index (χ3n) is 11.8. The molecule has 0 amide bonds. The van der Waals surface area contributed by atoms with E-state index in [1.165, 1.54) is 109 Å². The van der Waals surface area contributed by atoms with Crippen molar-refractivity contribution in [1.29, 1.82) is 0 Å². The van der Waals surface area contributed by atoms with Gasteiger partial charge >= 0.3 is 0 Å². The Bertz CT molecular complexity index is 2990. The second-order valence-electron chi connectivity index (χ2n) is 14.0. The Morgan fingerprint density at radius 1 is 0.265 bits per heavy atom. The molecule has 2 aliphatic rings. The summed E-state index contributed by atoms with van der Waals surface area (Å²) in [5, 5.41) is 13.1. The molecule has 0 radical (unpaired) electrons. The fraction of sp³-hybridized carbons (Fsp3) is 0.0204. The van der Waals surface area contributed by atoms with Gasteiger partial charge in [-0.15, -0.1) is 0 Å². The summed E-state index contributed by atoms with van der Waals surface area (Å²) in [4.78, 5) is 0. The van der Waals surface area contributed by atoms with E-state index in [2.05, 4.69) is 170 Å². The highest BCUT2D eigenvalue weighted by molar-refractivity contribution is 6.25. The smallest absolute Gasteiger partial charge is 0.0619 e. The van der Waals surface area contributed by atoms with Crippen molar-refractivity contribution in [3.05, 3.63) is 192 Å². The Kier molecular flexibility index (Phi) is 4.74. The normalized spacial score (nSPS) is 13.9. The average Bonchev–Trinajstić information content (AvgIpc) is 3.61. The van der Waals surface area contributed by atoms with E-state index in [1.54, 1.807) is 0 Å². The largest absolute Gasteiger partial charge is 0.0725 e. The minimum atomic E-state index is -0.376. The van der Waals surface area contributed by atoms with Crippen LogP contribution in [0.25, 0.3) is 87.2 Å². The third kappa shape index (κ3) is 3.15. The minimum absolute atomic E-state index is 0.376. The monoisotopic (exact) mass is 616 g/mol. The first kappa shape index (κ1) is 25.8. The van der Waals surface area contributed by atoms with Crippen LogP contribution in [0.5, 0.6) is 0 Å². The van der Waals surface area contributed by atoms with Gasteiger partial charge in [0.2, 0.25) is 0 Å². The Balaban J connectivity index is 1.16. The molecule has 0 aromatic heterocycles. The van der Waals surface area contributed by atoms with Crippen molar-refractivity contribution in [3.8, 4) is 33.4 Å². The average molecular weight is 617 g/mol. The van der Waals surface area contributed by atoms with Crippen LogP contribution in [-0.4, -0.2) is 0 Å². The van der Waals surface area contributed by atoms with Gasteiger partial charge in [0, 0.05) is 0 Å². The summed E-state index contributed by atoms with van der Waals surface area (Å²) in [5.41, 5.74) is 13.1. The number of hydrogen-bond donors (Lipinski definition) is 0. The lowest BCUT2D eigenvalue weighted by Crippen LogP contribution is -2.25. The molecule has 2 aliphatic carbocycles. The van der Waals surface area contributed by atoms with E-state index in [-0.39, 0.29) is 5.41 Å². The fourth-order valence-corrected chi connectivity index (χ4v) is 9.72. The van der Waals surface area contributed by atoms with Gasteiger partial charge in [0.15, 0.2) is 0 Å². The summed E-state index contributed by atoms with van der Waals surface area (Å²) < 4.78 is 0. The van der Waals surface area contributed by atoms with Crippen molar-refractivity contribution in [3.63, 3.8) is 0 Å². The van der Waals surface area contributed by atoms with E-state index >= 15 is 0 Å². The first-order valence-electron chi connectivity index (χ1n) is 17.3. The highest BCUT2D eigenvalue weighted by atomic mass is 14.5. The van der Waals surface area contributed by atoms with Crippen molar-refractivity contribution in [2.24, 2.45) is 0 Å². The lowest BCUT2D eigenvalue weighted by molar-refractivity contribution is 0.796. The van der Waals surface area contributed by atoms with Crippen LogP contribution in [0.15, 0.2) is 170 Å². The summed E-state index contributed by atoms with van der Waals surface area (Å²) in [6.45, 7) is 0. The van der Waals surface area contributed by atoms with Crippen molar-refractivity contribution >= 4 is 53.9 Å². The molecule has 1 spiro atoms. The zero-order chi connectivity index (χ0) is 31.8. The van der Waals surface area contributed by atoms with Crippen molar-refractivity contribution in [2.75, 3.05) is 0 Å². The second-order valence-corrected chi connectivity index (χ2v) is 14.0. The van der Waals surface area contributed by atoms with Gasteiger partial charge in [-0.2, -0.15) is 0 Å². The number of fused-ring (bicyclic) bond motifs is 12. The van der Waals surface area contributed by atoms with E-state index < -0.39 is 0 Å². The van der Waals surface area contributed by atoms with E-state index in [0.29, 0.717) is 0 Å². The van der Waals surface area contributed by atoms with Gasteiger partial charge in [-0.05, 0) is 140 Å². The number of hydrogen-bond acceptors (Lipinski definition) is 0. The molecule has 224 valence electrons. The molecule has 0 bridgehead atoms. The lowest BCUT2D eigenvalue weighted by Gasteiger charge is -2.30. The van der Waals surface area contributed by atoms with Crippen molar-refractivity contribution < 1.29 is 0 Å². The summed E-state index contributed by atoms with van der Waals surface area (Å²) in [6, 6.07) is 64.4. The molecule has 0 atom stereocenters. The topological polar surface area (TPSA) is 0 Å². The Labute approximate surface area is 283 Å². The molecule has 12 rings (SSSR count). The fourth-order valence-electron chi connectivity index (χ4n) is 9.72. The SMILES string of the molecule is c1ccc2c(c1)-c1ccccc1C21c2cc3ccccc3cc2-c2cc3ccc(-c4ccc5ccc6cccc7ccc4c5c67)cc3cc21. The van der Waals surface area contributed by atoms with Crippen LogP contribution in [0.3, 0.4) is 0 Å². The summed E-state index contributed by atoms with van der Waals surface area (Å²) in [7, 11) is 0. The lowest BCUT2D eigenvalue weighted by atomic mass is 9.70. The summed E-state index contributed by atoms with van der Waals surface area (Å²) >= 11 is 0. The first-order chi connectivity index (χ1) is 24.3. The van der Waals surface area contributed by atoms with Crippen molar-refractivity contribution in [2.45, 2.75) is 5.41 Å². The molecule has 0 nitrogen and oxygen atoms in total. The van der Waals surface area contributed by atoms with Gasteiger partial charge in [-0.1, -0.05) is 140 Å². The second kappa shape index (κ2) is 9.01. The van der Waals surface area contributed by atoms with Crippen LogP contribution < -0.4 is 0 Å². The molecule has 0 N–H and O–H groups in total. The van der Waals surface area contributed by atoms with Gasteiger partial charge in [-0.25, -0.2) is 0 Å². The summed E-state index contributed by atoms with van der Waals surface area (Å²) in [5.74, 6) is 0. The molecule has 0 aliphatic heterocycles. The van der Waals surface area contributed by atoms with Gasteiger partial charge in [0.1, 0.15) is 0 Å². The van der Waals surface area contributed by atoms with E-state index in [1.807, 2.05) is 0 Å². The van der Waals surface area contributed by atoms with Gasteiger partial charge in [0.25, 0.3) is 0 Å². The maximum absolute atomic E-state index is 2.52. The Hall–Kier alpha value is -6.24. The third-order valence-corrected chi connectivity index (χ3v) is 11.8. The van der Waals surface area contributed by atoms with E-state index in [4.69, 9.17) is 0 Å². The van der Waals surface area contributed by atoms with E-state index in [9.17, 15) is 0 Å². The predicted molar refractivity (Wildman–Crippen MR) is 207 cm³/mol. The first-order valence-corrected chi connectivity index (χ1v) is 17.3. The number of rotatable bonds is 1. The van der Waals surface area contributed by atoms with E-state index in [0.717, 1.165) is 0 Å². The van der Waals surface area contributed by atoms with Crippen LogP contribution in [0.4, 0.5) is 0 Å². The molecule has 0 unspecified atom stereocenters. The zero-order valence-electron chi connectivity index (χ0n) is 26.7. The molecule has 0 heteroatoms. The summed E-state index contributed by atoms with van der Waals surface area (Å²) in [6.07, 6.45) is 0. The van der Waals surface area contributed by atoms with Crippen LogP contribution in [0.1, 0.15) is 22.3 Å².